The maximum atomic E-state index is 12.0. The first-order valence-corrected chi connectivity index (χ1v) is 6.32. The van der Waals surface area contributed by atoms with Crippen molar-refractivity contribution in [2.45, 2.75) is 44.8 Å². The molecule has 1 aromatic heterocycles. The summed E-state index contributed by atoms with van der Waals surface area (Å²) in [4.78, 5) is 20.5. The molecular weight excluding hydrogens is 230 g/mol. The molecule has 1 amide bonds. The van der Waals surface area contributed by atoms with Crippen molar-refractivity contribution in [3.63, 3.8) is 0 Å². The third-order valence-electron chi connectivity index (χ3n) is 3.09. The average molecular weight is 247 g/mol. The summed E-state index contributed by atoms with van der Waals surface area (Å²) in [5, 5.41) is 5.89. The van der Waals surface area contributed by atoms with Gasteiger partial charge in [0.05, 0.1) is 18.2 Å². The predicted molar refractivity (Wildman–Crippen MR) is 67.1 cm³/mol. The predicted octanol–water partition coefficient (Wildman–Crippen LogP) is 0.743. The number of rotatable bonds is 3. The Bertz CT molecular complexity index is 500. The summed E-state index contributed by atoms with van der Waals surface area (Å²) in [6.07, 6.45) is 5.87. The summed E-state index contributed by atoms with van der Waals surface area (Å²) in [5.74, 6) is 0.476. The second kappa shape index (κ2) is 4.12. The number of guanidine groups is 1. The second-order valence-electron chi connectivity index (χ2n) is 5.13. The average Bonchev–Trinajstić information content (AvgIpc) is 2.92. The number of hydrogen-bond donors (Lipinski definition) is 2. The number of aromatic nitrogens is 2. The molecule has 1 aliphatic heterocycles. The highest BCUT2D eigenvalue weighted by atomic mass is 16.2. The van der Waals surface area contributed by atoms with Crippen molar-refractivity contribution < 1.29 is 4.79 Å². The first-order chi connectivity index (χ1) is 8.65. The molecule has 6 heteroatoms. The van der Waals surface area contributed by atoms with E-state index in [4.69, 9.17) is 0 Å². The van der Waals surface area contributed by atoms with Gasteiger partial charge in [-0.15, -0.1) is 0 Å². The molecular formula is C12H17N5O. The standard InChI is InChI=1S/C12H17N5O/c1-7(2)14-12-15-10(11(18)16-12)9-5-13-6-17(9)8-3-4-8/h5-8,10H,3-4H2,1-2H3,(H2,14,15,16,18). The van der Waals surface area contributed by atoms with Crippen LogP contribution in [0.3, 0.4) is 0 Å². The Morgan fingerprint density at radius 3 is 2.94 bits per heavy atom. The van der Waals surface area contributed by atoms with Crippen LogP contribution in [0.15, 0.2) is 17.5 Å². The van der Waals surface area contributed by atoms with Crippen molar-refractivity contribution >= 4 is 11.9 Å². The van der Waals surface area contributed by atoms with Gasteiger partial charge in [-0.05, 0) is 26.7 Å². The third kappa shape index (κ3) is 1.98. The first kappa shape index (κ1) is 11.3. The van der Waals surface area contributed by atoms with Crippen molar-refractivity contribution in [1.82, 2.24) is 20.2 Å². The third-order valence-corrected chi connectivity index (χ3v) is 3.09. The highest BCUT2D eigenvalue weighted by molar-refractivity contribution is 6.05. The molecule has 2 aliphatic rings. The quantitative estimate of drug-likeness (QED) is 0.827. The lowest BCUT2D eigenvalue weighted by Crippen LogP contribution is -2.40. The molecule has 1 aromatic rings. The Morgan fingerprint density at radius 1 is 1.50 bits per heavy atom. The number of carbonyl (C=O) groups is 1. The molecule has 1 atom stereocenters. The molecule has 0 saturated heterocycles. The molecule has 18 heavy (non-hydrogen) atoms. The summed E-state index contributed by atoms with van der Waals surface area (Å²) in [6.45, 7) is 4.02. The normalized spacial score (nSPS) is 23.2. The first-order valence-electron chi connectivity index (χ1n) is 6.32. The number of imidazole rings is 1. The fourth-order valence-electron chi connectivity index (χ4n) is 2.14. The van der Waals surface area contributed by atoms with Crippen molar-refractivity contribution in [2.24, 2.45) is 4.99 Å². The van der Waals surface area contributed by atoms with Gasteiger partial charge in [0.15, 0.2) is 12.0 Å². The monoisotopic (exact) mass is 247 g/mol. The van der Waals surface area contributed by atoms with E-state index in [0.717, 1.165) is 5.69 Å². The van der Waals surface area contributed by atoms with Gasteiger partial charge in [0.1, 0.15) is 0 Å². The van der Waals surface area contributed by atoms with E-state index in [1.54, 1.807) is 12.5 Å². The number of carbonyl (C=O) groups excluding carboxylic acids is 1. The Labute approximate surface area is 105 Å². The van der Waals surface area contributed by atoms with E-state index in [1.807, 2.05) is 13.8 Å². The minimum absolute atomic E-state index is 0.0828. The van der Waals surface area contributed by atoms with Crippen molar-refractivity contribution in [3.8, 4) is 0 Å². The van der Waals surface area contributed by atoms with E-state index in [2.05, 4.69) is 25.2 Å². The molecule has 6 nitrogen and oxygen atoms in total. The van der Waals surface area contributed by atoms with Gasteiger partial charge in [-0.25, -0.2) is 9.98 Å². The largest absolute Gasteiger partial charge is 0.354 e. The zero-order valence-corrected chi connectivity index (χ0v) is 10.6. The van der Waals surface area contributed by atoms with Crippen LogP contribution in [-0.4, -0.2) is 27.5 Å². The second-order valence-corrected chi connectivity index (χ2v) is 5.13. The highest BCUT2D eigenvalue weighted by Crippen LogP contribution is 2.37. The van der Waals surface area contributed by atoms with Gasteiger partial charge in [0, 0.05) is 12.1 Å². The van der Waals surface area contributed by atoms with Gasteiger partial charge in [0.2, 0.25) is 0 Å². The van der Waals surface area contributed by atoms with E-state index in [1.165, 1.54) is 12.8 Å². The van der Waals surface area contributed by atoms with Crippen LogP contribution < -0.4 is 10.6 Å². The van der Waals surface area contributed by atoms with Gasteiger partial charge in [-0.2, -0.15) is 0 Å². The molecule has 1 saturated carbocycles. The van der Waals surface area contributed by atoms with Crippen LogP contribution in [0.2, 0.25) is 0 Å². The summed E-state index contributed by atoms with van der Waals surface area (Å²) in [7, 11) is 0. The summed E-state index contributed by atoms with van der Waals surface area (Å²) < 4.78 is 2.08. The molecule has 96 valence electrons. The number of nitrogens with zero attached hydrogens (tertiary/aromatic N) is 3. The van der Waals surface area contributed by atoms with E-state index in [0.29, 0.717) is 12.0 Å². The molecule has 0 radical (unpaired) electrons. The molecule has 1 fully saturated rings. The van der Waals surface area contributed by atoms with Crippen LogP contribution in [0.4, 0.5) is 0 Å². The van der Waals surface area contributed by atoms with Crippen LogP contribution in [0.5, 0.6) is 0 Å². The van der Waals surface area contributed by atoms with Crippen LogP contribution in [0.1, 0.15) is 44.5 Å². The van der Waals surface area contributed by atoms with Gasteiger partial charge < -0.3 is 9.88 Å². The molecule has 2 heterocycles. The van der Waals surface area contributed by atoms with Crippen molar-refractivity contribution in [1.29, 1.82) is 0 Å². The number of amides is 1. The van der Waals surface area contributed by atoms with E-state index < -0.39 is 6.04 Å². The van der Waals surface area contributed by atoms with Crippen LogP contribution >= 0.6 is 0 Å². The molecule has 0 aromatic carbocycles. The van der Waals surface area contributed by atoms with Gasteiger partial charge in [-0.3, -0.25) is 10.1 Å². The number of hydrogen-bond acceptors (Lipinski definition) is 4. The van der Waals surface area contributed by atoms with Gasteiger partial charge in [0.25, 0.3) is 5.91 Å². The molecule has 1 aliphatic carbocycles. The lowest BCUT2D eigenvalue weighted by Gasteiger charge is -2.08. The molecule has 2 N–H and O–H groups in total. The Hall–Kier alpha value is -1.85. The molecule has 0 bridgehead atoms. The highest BCUT2D eigenvalue weighted by Gasteiger charge is 2.34. The van der Waals surface area contributed by atoms with E-state index in [9.17, 15) is 4.79 Å². The zero-order chi connectivity index (χ0) is 12.7. The van der Waals surface area contributed by atoms with Gasteiger partial charge >= 0.3 is 0 Å². The Balaban J connectivity index is 1.84. The van der Waals surface area contributed by atoms with E-state index >= 15 is 0 Å². The SMILES string of the molecule is CC(C)NC1=NC(c2cncn2C2CC2)C(=O)N1. The summed E-state index contributed by atoms with van der Waals surface area (Å²) in [5.41, 5.74) is 0.885. The maximum Gasteiger partial charge on any atom is 0.257 e. The molecule has 3 rings (SSSR count). The number of aliphatic imine (C=N–C) groups is 1. The van der Waals surface area contributed by atoms with Crippen LogP contribution in [-0.2, 0) is 4.79 Å². The Morgan fingerprint density at radius 2 is 2.28 bits per heavy atom. The minimum atomic E-state index is -0.464. The lowest BCUT2D eigenvalue weighted by molar-refractivity contribution is -0.120. The van der Waals surface area contributed by atoms with Gasteiger partial charge in [-0.1, -0.05) is 0 Å². The van der Waals surface area contributed by atoms with Crippen molar-refractivity contribution in [2.75, 3.05) is 0 Å². The molecule has 0 spiro atoms. The van der Waals surface area contributed by atoms with Crippen molar-refractivity contribution in [3.05, 3.63) is 18.2 Å². The van der Waals surface area contributed by atoms with Crippen LogP contribution in [0.25, 0.3) is 0 Å². The Kier molecular flexibility index (Phi) is 2.57. The fourth-order valence-corrected chi connectivity index (χ4v) is 2.14. The van der Waals surface area contributed by atoms with Crippen LogP contribution in [0, 0.1) is 0 Å². The lowest BCUT2D eigenvalue weighted by atomic mass is 10.2. The van der Waals surface area contributed by atoms with E-state index in [-0.39, 0.29) is 11.9 Å². The topological polar surface area (TPSA) is 71.3 Å². The smallest absolute Gasteiger partial charge is 0.257 e. The minimum Gasteiger partial charge on any atom is -0.354 e. The summed E-state index contributed by atoms with van der Waals surface area (Å²) >= 11 is 0. The maximum absolute atomic E-state index is 12.0. The summed E-state index contributed by atoms with van der Waals surface area (Å²) in [6, 6.07) is 0.290. The fraction of sp³-hybridized carbons (Fsp3) is 0.583. The molecule has 1 unspecified atom stereocenters. The zero-order valence-electron chi connectivity index (χ0n) is 10.6. The number of nitrogens with one attached hydrogen (secondary N) is 2.